The Morgan fingerprint density at radius 2 is 2.15 bits per heavy atom. The Hall–Kier alpha value is -0.340. The van der Waals surface area contributed by atoms with E-state index in [-0.39, 0.29) is 0 Å². The summed E-state index contributed by atoms with van der Waals surface area (Å²) in [6.45, 7) is 14.9. The van der Waals surface area contributed by atoms with Gasteiger partial charge in [-0.15, -0.1) is 0 Å². The van der Waals surface area contributed by atoms with Crippen molar-refractivity contribution in [3.8, 4) is 0 Å². The Kier molecular flexibility index (Phi) is 6.92. The molecule has 2 nitrogen and oxygen atoms in total. The van der Waals surface area contributed by atoms with Crippen molar-refractivity contribution in [1.29, 1.82) is 0 Å². The average Bonchev–Trinajstić information content (AvgIpc) is 2.02. The molecule has 0 aliphatic rings. The number of rotatable bonds is 7. The average molecular weight is 184 g/mol. The molecule has 0 saturated heterocycles. The Balaban J connectivity index is 3.75. The van der Waals surface area contributed by atoms with E-state index >= 15 is 0 Å². The third-order valence-corrected chi connectivity index (χ3v) is 2.06. The zero-order valence-corrected chi connectivity index (χ0v) is 9.56. The molecule has 13 heavy (non-hydrogen) atoms. The van der Waals surface area contributed by atoms with Crippen molar-refractivity contribution >= 4 is 0 Å². The molecule has 0 radical (unpaired) electrons. The molecule has 0 heterocycles. The maximum absolute atomic E-state index is 3.94. The van der Waals surface area contributed by atoms with Crippen LogP contribution in [0.15, 0.2) is 12.2 Å². The standard InChI is InChI=1S/C11H24N2/c1-6-13(8-10(2)3)9-11(4)7-12-5/h11-12H,2,6-9H2,1,3-5H3. The number of nitrogens with zero attached hydrogens (tertiary/aromatic N) is 1. The van der Waals surface area contributed by atoms with E-state index in [4.69, 9.17) is 0 Å². The Labute approximate surface area is 83.0 Å². The third kappa shape index (κ3) is 6.79. The molecule has 1 unspecified atom stereocenters. The summed E-state index contributed by atoms with van der Waals surface area (Å²) in [7, 11) is 2.01. The van der Waals surface area contributed by atoms with Crippen molar-refractivity contribution in [3.63, 3.8) is 0 Å². The van der Waals surface area contributed by atoms with E-state index in [0.29, 0.717) is 5.92 Å². The molecule has 0 saturated carbocycles. The summed E-state index contributed by atoms with van der Waals surface area (Å²) in [5, 5.41) is 3.20. The lowest BCUT2D eigenvalue weighted by atomic mass is 10.1. The van der Waals surface area contributed by atoms with E-state index in [1.165, 1.54) is 5.57 Å². The Bertz CT molecular complexity index is 143. The van der Waals surface area contributed by atoms with Crippen molar-refractivity contribution in [1.82, 2.24) is 10.2 Å². The molecule has 0 aromatic rings. The number of hydrogen-bond acceptors (Lipinski definition) is 2. The minimum absolute atomic E-state index is 0.712. The lowest BCUT2D eigenvalue weighted by molar-refractivity contribution is 0.266. The second kappa shape index (κ2) is 7.10. The van der Waals surface area contributed by atoms with E-state index in [9.17, 15) is 0 Å². The molecular weight excluding hydrogens is 160 g/mol. The summed E-state index contributed by atoms with van der Waals surface area (Å²) in [5.41, 5.74) is 1.25. The lowest BCUT2D eigenvalue weighted by Crippen LogP contribution is -2.33. The van der Waals surface area contributed by atoms with Crippen LogP contribution in [-0.2, 0) is 0 Å². The SMILES string of the molecule is C=C(C)CN(CC)CC(C)CNC. The molecule has 0 fully saturated rings. The minimum Gasteiger partial charge on any atom is -0.319 e. The van der Waals surface area contributed by atoms with Crippen LogP contribution in [0.5, 0.6) is 0 Å². The summed E-state index contributed by atoms with van der Waals surface area (Å²) in [6, 6.07) is 0. The second-order valence-electron chi connectivity index (χ2n) is 3.95. The molecule has 0 aliphatic carbocycles. The third-order valence-electron chi connectivity index (χ3n) is 2.06. The summed E-state index contributed by atoms with van der Waals surface area (Å²) in [4.78, 5) is 2.43. The fraction of sp³-hybridized carbons (Fsp3) is 0.818. The van der Waals surface area contributed by atoms with Gasteiger partial charge < -0.3 is 5.32 Å². The molecule has 0 bridgehead atoms. The van der Waals surface area contributed by atoms with Gasteiger partial charge in [-0.05, 0) is 33.0 Å². The van der Waals surface area contributed by atoms with E-state index in [1.54, 1.807) is 0 Å². The molecule has 2 heteroatoms. The van der Waals surface area contributed by atoms with Gasteiger partial charge in [0.15, 0.2) is 0 Å². The summed E-state index contributed by atoms with van der Waals surface area (Å²) >= 11 is 0. The molecule has 1 atom stereocenters. The quantitative estimate of drug-likeness (QED) is 0.606. The number of likely N-dealkylation sites (N-methyl/N-ethyl adjacent to an activating group) is 1. The highest BCUT2D eigenvalue weighted by molar-refractivity contribution is 4.91. The van der Waals surface area contributed by atoms with E-state index in [2.05, 4.69) is 37.6 Å². The monoisotopic (exact) mass is 184 g/mol. The molecule has 1 N–H and O–H groups in total. The van der Waals surface area contributed by atoms with E-state index in [1.807, 2.05) is 7.05 Å². The molecule has 78 valence electrons. The van der Waals surface area contributed by atoms with Gasteiger partial charge in [-0.3, -0.25) is 4.90 Å². The molecule has 0 spiro atoms. The Morgan fingerprint density at radius 3 is 2.54 bits per heavy atom. The first-order chi connectivity index (χ1) is 6.10. The molecule has 0 aromatic carbocycles. The van der Waals surface area contributed by atoms with Crippen LogP contribution < -0.4 is 5.32 Å². The van der Waals surface area contributed by atoms with Crippen LogP contribution in [0.2, 0.25) is 0 Å². The van der Waals surface area contributed by atoms with Crippen LogP contribution >= 0.6 is 0 Å². The van der Waals surface area contributed by atoms with Gasteiger partial charge >= 0.3 is 0 Å². The van der Waals surface area contributed by atoms with Crippen LogP contribution in [-0.4, -0.2) is 38.1 Å². The zero-order valence-electron chi connectivity index (χ0n) is 9.56. The van der Waals surface area contributed by atoms with Gasteiger partial charge in [0.2, 0.25) is 0 Å². The van der Waals surface area contributed by atoms with Crippen LogP contribution in [0.25, 0.3) is 0 Å². The fourth-order valence-corrected chi connectivity index (χ4v) is 1.54. The van der Waals surface area contributed by atoms with E-state index < -0.39 is 0 Å². The van der Waals surface area contributed by atoms with Gasteiger partial charge in [0.1, 0.15) is 0 Å². The molecular formula is C11H24N2. The maximum Gasteiger partial charge on any atom is 0.0187 e. The highest BCUT2D eigenvalue weighted by Gasteiger charge is 2.07. The van der Waals surface area contributed by atoms with Crippen molar-refractivity contribution in [3.05, 3.63) is 12.2 Å². The topological polar surface area (TPSA) is 15.3 Å². The van der Waals surface area contributed by atoms with Gasteiger partial charge in [-0.25, -0.2) is 0 Å². The lowest BCUT2D eigenvalue weighted by Gasteiger charge is -2.24. The first-order valence-corrected chi connectivity index (χ1v) is 5.11. The summed E-state index contributed by atoms with van der Waals surface area (Å²) < 4.78 is 0. The second-order valence-corrected chi connectivity index (χ2v) is 3.95. The van der Waals surface area contributed by atoms with Crippen molar-refractivity contribution in [2.45, 2.75) is 20.8 Å². The fourth-order valence-electron chi connectivity index (χ4n) is 1.54. The first-order valence-electron chi connectivity index (χ1n) is 5.11. The molecule has 0 rings (SSSR count). The van der Waals surface area contributed by atoms with Gasteiger partial charge in [-0.2, -0.15) is 0 Å². The largest absolute Gasteiger partial charge is 0.319 e. The van der Waals surface area contributed by atoms with Gasteiger partial charge in [-0.1, -0.05) is 26.0 Å². The maximum atomic E-state index is 3.94. The highest BCUT2D eigenvalue weighted by atomic mass is 15.1. The molecule has 0 aliphatic heterocycles. The van der Waals surface area contributed by atoms with Gasteiger partial charge in [0.05, 0.1) is 0 Å². The van der Waals surface area contributed by atoms with E-state index in [0.717, 1.165) is 26.2 Å². The van der Waals surface area contributed by atoms with Gasteiger partial charge in [0, 0.05) is 13.1 Å². The Morgan fingerprint density at radius 1 is 1.54 bits per heavy atom. The summed E-state index contributed by atoms with van der Waals surface area (Å²) in [5.74, 6) is 0.712. The van der Waals surface area contributed by atoms with Crippen LogP contribution in [0.1, 0.15) is 20.8 Å². The van der Waals surface area contributed by atoms with Crippen molar-refractivity contribution < 1.29 is 0 Å². The predicted octanol–water partition coefficient (Wildman–Crippen LogP) is 1.74. The minimum atomic E-state index is 0.712. The van der Waals surface area contributed by atoms with Crippen LogP contribution in [0, 0.1) is 5.92 Å². The first kappa shape index (κ1) is 12.7. The smallest absolute Gasteiger partial charge is 0.0187 e. The number of nitrogens with one attached hydrogen (secondary N) is 1. The highest BCUT2D eigenvalue weighted by Crippen LogP contribution is 2.01. The molecule has 0 amide bonds. The normalized spacial score (nSPS) is 13.3. The van der Waals surface area contributed by atoms with Crippen molar-refractivity contribution in [2.75, 3.05) is 33.2 Å². The molecule has 0 aromatic heterocycles. The predicted molar refractivity (Wildman–Crippen MR) is 60.0 cm³/mol. The van der Waals surface area contributed by atoms with Gasteiger partial charge in [0.25, 0.3) is 0 Å². The zero-order chi connectivity index (χ0) is 10.3. The number of hydrogen-bond donors (Lipinski definition) is 1. The van der Waals surface area contributed by atoms with Crippen LogP contribution in [0.3, 0.4) is 0 Å². The van der Waals surface area contributed by atoms with Crippen LogP contribution in [0.4, 0.5) is 0 Å². The summed E-state index contributed by atoms with van der Waals surface area (Å²) in [6.07, 6.45) is 0. The van der Waals surface area contributed by atoms with Crippen molar-refractivity contribution in [2.24, 2.45) is 5.92 Å².